The second kappa shape index (κ2) is 8.18. The first-order chi connectivity index (χ1) is 9.15. The highest BCUT2D eigenvalue weighted by Gasteiger charge is 2.18. The molecule has 3 heteroatoms. The Kier molecular flexibility index (Phi) is 6.89. The molecule has 0 radical (unpaired) electrons. The average Bonchev–Trinajstić information content (AvgIpc) is 2.44. The zero-order valence-electron chi connectivity index (χ0n) is 12.5. The van der Waals surface area contributed by atoms with Gasteiger partial charge in [0.05, 0.1) is 6.10 Å². The van der Waals surface area contributed by atoms with E-state index < -0.39 is 6.10 Å². The fourth-order valence-corrected chi connectivity index (χ4v) is 2.11. The Balaban J connectivity index is 0.000000861. The van der Waals surface area contributed by atoms with Crippen LogP contribution in [-0.2, 0) is 0 Å². The van der Waals surface area contributed by atoms with E-state index in [0.717, 1.165) is 30.7 Å². The van der Waals surface area contributed by atoms with E-state index >= 15 is 0 Å². The van der Waals surface area contributed by atoms with Crippen molar-refractivity contribution in [2.24, 2.45) is 0 Å². The number of aliphatic hydroxyl groups excluding tert-OH is 1. The lowest BCUT2D eigenvalue weighted by molar-refractivity contribution is 0.151. The zero-order valence-corrected chi connectivity index (χ0v) is 12.5. The van der Waals surface area contributed by atoms with E-state index in [9.17, 15) is 5.11 Å². The topological polar surface area (TPSA) is 41.5 Å². The molecule has 0 amide bonds. The van der Waals surface area contributed by atoms with Crippen molar-refractivity contribution in [3.63, 3.8) is 0 Å². The van der Waals surface area contributed by atoms with Crippen LogP contribution in [0.4, 0.5) is 0 Å². The molecule has 0 saturated carbocycles. The predicted octanol–water partition coefficient (Wildman–Crippen LogP) is 3.29. The second-order valence-corrected chi connectivity index (χ2v) is 4.87. The minimum Gasteiger partial charge on any atom is -0.489 e. The Bertz CT molecular complexity index is 358. The summed E-state index contributed by atoms with van der Waals surface area (Å²) in [5.74, 6) is 0.852. The number of hydrogen-bond donors (Lipinski definition) is 2. The maximum Gasteiger partial charge on any atom is 0.120 e. The number of nitrogens with one attached hydrogen (secondary N) is 1. The number of rotatable bonds is 3. The van der Waals surface area contributed by atoms with E-state index in [1.807, 2.05) is 38.1 Å². The van der Waals surface area contributed by atoms with Gasteiger partial charge in [-0.05, 0) is 44.4 Å². The van der Waals surface area contributed by atoms with Gasteiger partial charge in [-0.15, -0.1) is 0 Å². The number of piperidine rings is 1. The van der Waals surface area contributed by atoms with Crippen molar-refractivity contribution in [2.45, 2.75) is 58.8 Å². The molecule has 3 atom stereocenters. The van der Waals surface area contributed by atoms with Gasteiger partial charge in [0.15, 0.2) is 0 Å². The molecule has 1 aromatic rings. The maximum atomic E-state index is 9.52. The smallest absolute Gasteiger partial charge is 0.120 e. The summed E-state index contributed by atoms with van der Waals surface area (Å²) in [6.45, 7) is 8.87. The number of ether oxygens (including phenoxy) is 1. The molecular formula is C16H27NO2. The summed E-state index contributed by atoms with van der Waals surface area (Å²) in [6, 6.07) is 8.31. The Morgan fingerprint density at radius 1 is 1.32 bits per heavy atom. The first-order valence-electron chi connectivity index (χ1n) is 7.33. The fourth-order valence-electron chi connectivity index (χ4n) is 2.11. The molecular weight excluding hydrogens is 238 g/mol. The molecule has 1 fully saturated rings. The van der Waals surface area contributed by atoms with Crippen molar-refractivity contribution in [3.8, 4) is 5.75 Å². The third-order valence-corrected chi connectivity index (χ3v) is 3.26. The summed E-state index contributed by atoms with van der Waals surface area (Å²) in [7, 11) is 0. The SMILES string of the molecule is CC.CC(O)c1cccc(OC2CC[C@@H](C)NC2)c1. The number of benzene rings is 1. The van der Waals surface area contributed by atoms with E-state index in [4.69, 9.17) is 4.74 Å². The highest BCUT2D eigenvalue weighted by molar-refractivity contribution is 5.29. The minimum atomic E-state index is -0.442. The van der Waals surface area contributed by atoms with Crippen LogP contribution in [0.1, 0.15) is 52.2 Å². The molecule has 0 aliphatic carbocycles. The van der Waals surface area contributed by atoms with Crippen molar-refractivity contribution in [1.82, 2.24) is 5.32 Å². The summed E-state index contributed by atoms with van der Waals surface area (Å²) < 4.78 is 5.92. The van der Waals surface area contributed by atoms with Crippen LogP contribution in [0.25, 0.3) is 0 Å². The molecule has 1 saturated heterocycles. The van der Waals surface area contributed by atoms with Crippen molar-refractivity contribution in [1.29, 1.82) is 0 Å². The monoisotopic (exact) mass is 265 g/mol. The van der Waals surface area contributed by atoms with Gasteiger partial charge in [-0.3, -0.25) is 0 Å². The summed E-state index contributed by atoms with van der Waals surface area (Å²) in [5.41, 5.74) is 0.902. The predicted molar refractivity (Wildman–Crippen MR) is 79.5 cm³/mol. The molecule has 0 bridgehead atoms. The first-order valence-corrected chi connectivity index (χ1v) is 7.33. The molecule has 1 aromatic carbocycles. The van der Waals surface area contributed by atoms with Gasteiger partial charge in [0.25, 0.3) is 0 Å². The third kappa shape index (κ3) is 5.21. The van der Waals surface area contributed by atoms with Gasteiger partial charge in [0.1, 0.15) is 11.9 Å². The van der Waals surface area contributed by atoms with Crippen LogP contribution in [-0.4, -0.2) is 23.8 Å². The highest BCUT2D eigenvalue weighted by atomic mass is 16.5. The molecule has 1 heterocycles. The van der Waals surface area contributed by atoms with Crippen molar-refractivity contribution >= 4 is 0 Å². The summed E-state index contributed by atoms with van der Waals surface area (Å²) >= 11 is 0. The maximum absolute atomic E-state index is 9.52. The number of aliphatic hydroxyl groups is 1. The van der Waals surface area contributed by atoms with Gasteiger partial charge >= 0.3 is 0 Å². The molecule has 1 aliphatic heterocycles. The fraction of sp³-hybridized carbons (Fsp3) is 0.625. The Labute approximate surface area is 117 Å². The Morgan fingerprint density at radius 2 is 2.05 bits per heavy atom. The van der Waals surface area contributed by atoms with Crippen molar-refractivity contribution in [2.75, 3.05) is 6.54 Å². The van der Waals surface area contributed by atoms with Crippen LogP contribution < -0.4 is 10.1 Å². The Hall–Kier alpha value is -1.06. The van der Waals surface area contributed by atoms with Crippen molar-refractivity contribution in [3.05, 3.63) is 29.8 Å². The van der Waals surface area contributed by atoms with E-state index in [0.29, 0.717) is 6.04 Å². The standard InChI is InChI=1S/C14H21NO2.C2H6/c1-10-6-7-14(9-15-10)17-13-5-3-4-12(8-13)11(2)16;1-2/h3-5,8,10-11,14-16H,6-7,9H2,1-2H3;1-2H3/t10-,11?,14?;/m1./s1. The third-order valence-electron chi connectivity index (χ3n) is 3.26. The van der Waals surface area contributed by atoms with Gasteiger partial charge in [0.2, 0.25) is 0 Å². The van der Waals surface area contributed by atoms with E-state index in [-0.39, 0.29) is 6.10 Å². The average molecular weight is 265 g/mol. The molecule has 1 aliphatic rings. The second-order valence-electron chi connectivity index (χ2n) is 4.87. The lowest BCUT2D eigenvalue weighted by Crippen LogP contribution is -2.42. The molecule has 2 unspecified atom stereocenters. The van der Waals surface area contributed by atoms with Crippen LogP contribution in [0.15, 0.2) is 24.3 Å². The normalized spacial score (nSPS) is 24.1. The molecule has 108 valence electrons. The minimum absolute atomic E-state index is 0.246. The zero-order chi connectivity index (χ0) is 14.3. The van der Waals surface area contributed by atoms with E-state index in [2.05, 4.69) is 12.2 Å². The summed E-state index contributed by atoms with van der Waals surface area (Å²) in [6.07, 6.45) is 2.05. The highest BCUT2D eigenvalue weighted by Crippen LogP contribution is 2.21. The van der Waals surface area contributed by atoms with Gasteiger partial charge in [0, 0.05) is 12.6 Å². The van der Waals surface area contributed by atoms with Crippen LogP contribution in [0, 0.1) is 0 Å². The van der Waals surface area contributed by atoms with Gasteiger partial charge in [-0.1, -0.05) is 26.0 Å². The molecule has 0 aromatic heterocycles. The van der Waals surface area contributed by atoms with Crippen molar-refractivity contribution < 1.29 is 9.84 Å². The summed E-state index contributed by atoms with van der Waals surface area (Å²) in [4.78, 5) is 0. The lowest BCUT2D eigenvalue weighted by atomic mass is 10.0. The molecule has 2 N–H and O–H groups in total. The van der Waals surface area contributed by atoms with Gasteiger partial charge in [-0.2, -0.15) is 0 Å². The van der Waals surface area contributed by atoms with Gasteiger partial charge in [-0.25, -0.2) is 0 Å². The molecule has 2 rings (SSSR count). The van der Waals surface area contributed by atoms with E-state index in [1.165, 1.54) is 0 Å². The van der Waals surface area contributed by atoms with Gasteiger partial charge < -0.3 is 15.2 Å². The van der Waals surface area contributed by atoms with Crippen LogP contribution in [0.2, 0.25) is 0 Å². The molecule has 3 nitrogen and oxygen atoms in total. The molecule has 19 heavy (non-hydrogen) atoms. The first kappa shape index (κ1) is 16.0. The number of hydrogen-bond acceptors (Lipinski definition) is 3. The van der Waals surface area contributed by atoms with Crippen LogP contribution in [0.5, 0.6) is 5.75 Å². The lowest BCUT2D eigenvalue weighted by Gasteiger charge is -2.28. The van der Waals surface area contributed by atoms with Crippen LogP contribution >= 0.6 is 0 Å². The Morgan fingerprint density at radius 3 is 2.63 bits per heavy atom. The molecule has 0 spiro atoms. The van der Waals surface area contributed by atoms with Crippen LogP contribution in [0.3, 0.4) is 0 Å². The quantitative estimate of drug-likeness (QED) is 0.881. The largest absolute Gasteiger partial charge is 0.489 e. The summed E-state index contributed by atoms with van der Waals surface area (Å²) in [5, 5.41) is 12.9. The van der Waals surface area contributed by atoms with E-state index in [1.54, 1.807) is 6.92 Å².